The number of hydrogen-bond donors (Lipinski definition) is 1. The summed E-state index contributed by atoms with van der Waals surface area (Å²) in [4.78, 5) is 0. The Morgan fingerprint density at radius 2 is 1.50 bits per heavy atom. The van der Waals surface area contributed by atoms with E-state index in [1.807, 2.05) is 12.1 Å². The molecule has 0 saturated heterocycles. The fourth-order valence-electron chi connectivity index (χ4n) is 2.50. The zero-order valence-electron chi connectivity index (χ0n) is 12.7. The molecule has 0 atom stereocenters. The molecule has 0 aliphatic heterocycles. The van der Waals surface area contributed by atoms with Gasteiger partial charge in [0.25, 0.3) is 0 Å². The van der Waals surface area contributed by atoms with Crippen molar-refractivity contribution >= 4 is 10.8 Å². The molecule has 2 heteroatoms. The van der Waals surface area contributed by atoms with E-state index in [9.17, 15) is 0 Å². The Morgan fingerprint density at radius 1 is 0.727 bits per heavy atom. The first-order valence-electron chi connectivity index (χ1n) is 7.78. The molecule has 22 heavy (non-hydrogen) atoms. The first-order valence-corrected chi connectivity index (χ1v) is 7.78. The summed E-state index contributed by atoms with van der Waals surface area (Å²) in [7, 11) is 0. The van der Waals surface area contributed by atoms with Crippen molar-refractivity contribution in [3.63, 3.8) is 0 Å². The topological polar surface area (TPSA) is 21.3 Å². The maximum absolute atomic E-state index is 5.80. The van der Waals surface area contributed by atoms with Crippen LogP contribution in [-0.2, 0) is 6.42 Å². The molecule has 0 fully saturated rings. The van der Waals surface area contributed by atoms with Crippen LogP contribution in [0.3, 0.4) is 0 Å². The van der Waals surface area contributed by atoms with Gasteiger partial charge in [-0.3, -0.25) is 0 Å². The quantitative estimate of drug-likeness (QED) is 0.663. The lowest BCUT2D eigenvalue weighted by molar-refractivity contribution is 0.315. The molecule has 0 heterocycles. The summed E-state index contributed by atoms with van der Waals surface area (Å²) in [6, 6.07) is 25.1. The van der Waals surface area contributed by atoms with Crippen LogP contribution >= 0.6 is 0 Å². The fourth-order valence-corrected chi connectivity index (χ4v) is 2.50. The highest BCUT2D eigenvalue weighted by atomic mass is 16.5. The van der Waals surface area contributed by atoms with Crippen LogP contribution in [0.4, 0.5) is 0 Å². The molecule has 0 bridgehead atoms. The SMILES string of the molecule is c1ccc(CCNCCOc2ccc3ccccc3c2)cc1. The third-order valence-electron chi connectivity index (χ3n) is 3.70. The molecule has 3 aromatic rings. The highest BCUT2D eigenvalue weighted by Crippen LogP contribution is 2.20. The van der Waals surface area contributed by atoms with Crippen molar-refractivity contribution in [3.05, 3.63) is 78.4 Å². The maximum atomic E-state index is 5.80. The van der Waals surface area contributed by atoms with Crippen molar-refractivity contribution in [1.82, 2.24) is 5.32 Å². The first-order chi connectivity index (χ1) is 10.9. The summed E-state index contributed by atoms with van der Waals surface area (Å²) in [6.45, 7) is 2.53. The molecule has 0 unspecified atom stereocenters. The van der Waals surface area contributed by atoms with E-state index >= 15 is 0 Å². The molecule has 1 N–H and O–H groups in total. The van der Waals surface area contributed by atoms with E-state index in [1.54, 1.807) is 0 Å². The Hall–Kier alpha value is -2.32. The van der Waals surface area contributed by atoms with Gasteiger partial charge in [0.05, 0.1) is 0 Å². The average Bonchev–Trinajstić information content (AvgIpc) is 2.59. The molecular formula is C20H21NO. The molecule has 0 saturated carbocycles. The van der Waals surface area contributed by atoms with Gasteiger partial charge in [-0.1, -0.05) is 60.7 Å². The van der Waals surface area contributed by atoms with Gasteiger partial charge in [-0.05, 0) is 41.4 Å². The van der Waals surface area contributed by atoms with E-state index in [4.69, 9.17) is 4.74 Å². The van der Waals surface area contributed by atoms with E-state index in [0.717, 1.165) is 25.3 Å². The molecule has 0 aliphatic rings. The number of benzene rings is 3. The fraction of sp³-hybridized carbons (Fsp3) is 0.200. The summed E-state index contributed by atoms with van der Waals surface area (Å²) >= 11 is 0. The van der Waals surface area contributed by atoms with Gasteiger partial charge in [0.15, 0.2) is 0 Å². The Balaban J connectivity index is 1.39. The summed E-state index contributed by atoms with van der Waals surface area (Å²) in [6.07, 6.45) is 1.05. The number of hydrogen-bond acceptors (Lipinski definition) is 2. The third-order valence-corrected chi connectivity index (χ3v) is 3.70. The largest absolute Gasteiger partial charge is 0.492 e. The molecule has 0 spiro atoms. The summed E-state index contributed by atoms with van der Waals surface area (Å²) in [5.74, 6) is 0.934. The maximum Gasteiger partial charge on any atom is 0.120 e. The third kappa shape index (κ3) is 4.09. The van der Waals surface area contributed by atoms with Crippen molar-refractivity contribution in [2.45, 2.75) is 6.42 Å². The lowest BCUT2D eigenvalue weighted by Gasteiger charge is -2.08. The summed E-state index contributed by atoms with van der Waals surface area (Å²) in [5.41, 5.74) is 1.37. The first kappa shape index (κ1) is 14.6. The number of fused-ring (bicyclic) bond motifs is 1. The van der Waals surface area contributed by atoms with Crippen LogP contribution in [-0.4, -0.2) is 19.7 Å². The molecule has 112 valence electrons. The van der Waals surface area contributed by atoms with Gasteiger partial charge in [0.2, 0.25) is 0 Å². The zero-order chi connectivity index (χ0) is 15.0. The highest BCUT2D eigenvalue weighted by Gasteiger charge is 1.97. The molecular weight excluding hydrogens is 270 g/mol. The standard InChI is InChI=1S/C20H21NO/c1-2-6-17(7-3-1)12-13-21-14-15-22-20-11-10-18-8-4-5-9-19(18)16-20/h1-11,16,21H,12-15H2. The minimum atomic E-state index is 0.688. The van der Waals surface area contributed by atoms with Crippen molar-refractivity contribution in [1.29, 1.82) is 0 Å². The van der Waals surface area contributed by atoms with Crippen molar-refractivity contribution in [3.8, 4) is 5.75 Å². The van der Waals surface area contributed by atoms with Crippen molar-refractivity contribution in [2.75, 3.05) is 19.7 Å². The molecule has 0 radical (unpaired) electrons. The van der Waals surface area contributed by atoms with Crippen LogP contribution in [0.25, 0.3) is 10.8 Å². The van der Waals surface area contributed by atoms with E-state index < -0.39 is 0 Å². The minimum Gasteiger partial charge on any atom is -0.492 e. The highest BCUT2D eigenvalue weighted by molar-refractivity contribution is 5.83. The van der Waals surface area contributed by atoms with Gasteiger partial charge >= 0.3 is 0 Å². The van der Waals surface area contributed by atoms with Gasteiger partial charge in [-0.2, -0.15) is 0 Å². The normalized spacial score (nSPS) is 10.7. The average molecular weight is 291 g/mol. The number of rotatable bonds is 7. The molecule has 2 nitrogen and oxygen atoms in total. The molecule has 0 aromatic heterocycles. The molecule has 3 rings (SSSR count). The Labute approximate surface area is 131 Å². The Bertz CT molecular complexity index is 709. The lowest BCUT2D eigenvalue weighted by Crippen LogP contribution is -2.23. The second-order valence-electron chi connectivity index (χ2n) is 5.34. The monoisotopic (exact) mass is 291 g/mol. The predicted octanol–water partition coefficient (Wildman–Crippen LogP) is 4.05. The summed E-state index contributed by atoms with van der Waals surface area (Å²) < 4.78 is 5.80. The van der Waals surface area contributed by atoms with Crippen molar-refractivity contribution < 1.29 is 4.74 Å². The van der Waals surface area contributed by atoms with Crippen molar-refractivity contribution in [2.24, 2.45) is 0 Å². The zero-order valence-corrected chi connectivity index (χ0v) is 12.7. The Kier molecular flexibility index (Phi) is 5.06. The second-order valence-corrected chi connectivity index (χ2v) is 5.34. The van der Waals surface area contributed by atoms with Crippen LogP contribution in [0.15, 0.2) is 72.8 Å². The molecule has 3 aromatic carbocycles. The van der Waals surface area contributed by atoms with Gasteiger partial charge in [-0.15, -0.1) is 0 Å². The smallest absolute Gasteiger partial charge is 0.120 e. The van der Waals surface area contributed by atoms with Crippen LogP contribution in [0.5, 0.6) is 5.75 Å². The lowest BCUT2D eigenvalue weighted by atomic mass is 10.1. The predicted molar refractivity (Wildman–Crippen MR) is 92.5 cm³/mol. The summed E-state index contributed by atoms with van der Waals surface area (Å²) in [5, 5.41) is 5.88. The van der Waals surface area contributed by atoms with E-state index in [2.05, 4.69) is 66.0 Å². The van der Waals surface area contributed by atoms with Crippen LogP contribution in [0, 0.1) is 0 Å². The van der Waals surface area contributed by atoms with E-state index in [0.29, 0.717) is 6.61 Å². The number of nitrogens with one attached hydrogen (secondary N) is 1. The van der Waals surface area contributed by atoms with Gasteiger partial charge in [0, 0.05) is 6.54 Å². The van der Waals surface area contributed by atoms with Crippen LogP contribution in [0.2, 0.25) is 0 Å². The van der Waals surface area contributed by atoms with Crippen LogP contribution in [0.1, 0.15) is 5.56 Å². The van der Waals surface area contributed by atoms with Gasteiger partial charge < -0.3 is 10.1 Å². The van der Waals surface area contributed by atoms with Gasteiger partial charge in [0.1, 0.15) is 12.4 Å². The Morgan fingerprint density at radius 3 is 2.36 bits per heavy atom. The second kappa shape index (κ2) is 7.62. The van der Waals surface area contributed by atoms with Crippen LogP contribution < -0.4 is 10.1 Å². The van der Waals surface area contributed by atoms with E-state index in [1.165, 1.54) is 16.3 Å². The van der Waals surface area contributed by atoms with Gasteiger partial charge in [-0.25, -0.2) is 0 Å². The molecule has 0 aliphatic carbocycles. The van der Waals surface area contributed by atoms with E-state index in [-0.39, 0.29) is 0 Å². The number of ether oxygens (including phenoxy) is 1. The minimum absolute atomic E-state index is 0.688. The molecule has 0 amide bonds.